The highest BCUT2D eigenvalue weighted by Crippen LogP contribution is 2.28. The number of nitrogens with two attached hydrogens (primary N) is 1. The average molecular weight is 485 g/mol. The zero-order valence-electron chi connectivity index (χ0n) is 18.6. The van der Waals surface area contributed by atoms with Crippen LogP contribution < -0.4 is 11.1 Å². The molecule has 4 heterocycles. The molecule has 3 N–H and O–H groups in total. The van der Waals surface area contributed by atoms with Gasteiger partial charge in [0.05, 0.1) is 23.8 Å². The molecule has 1 fully saturated rings. The summed E-state index contributed by atoms with van der Waals surface area (Å²) >= 11 is 0. The van der Waals surface area contributed by atoms with Crippen LogP contribution in [0.2, 0.25) is 0 Å². The number of aryl methyl sites for hydroxylation is 1. The van der Waals surface area contributed by atoms with Gasteiger partial charge in [-0.25, -0.2) is 37.1 Å². The monoisotopic (exact) mass is 485 g/mol. The number of likely N-dealkylation sites (tertiary alicyclic amines) is 1. The number of nitrogen functional groups attached to an aromatic ring is 1. The summed E-state index contributed by atoms with van der Waals surface area (Å²) in [6.07, 6.45) is 1.35. The first-order chi connectivity index (χ1) is 16.8. The normalized spacial score (nSPS) is 16.8. The topological polar surface area (TPSA) is 119 Å². The van der Waals surface area contributed by atoms with Gasteiger partial charge in [0.15, 0.2) is 17.6 Å². The number of imidazole rings is 1. The van der Waals surface area contributed by atoms with E-state index in [0.29, 0.717) is 17.0 Å². The molecular formula is C22H22F3N9O. The first-order valence-electron chi connectivity index (χ1n) is 10.9. The number of aromatic nitrogens is 6. The van der Waals surface area contributed by atoms with Crippen molar-refractivity contribution >= 4 is 23.2 Å². The summed E-state index contributed by atoms with van der Waals surface area (Å²) in [5, 5.41) is 11.4. The molecule has 1 aliphatic heterocycles. The summed E-state index contributed by atoms with van der Waals surface area (Å²) in [5.74, 6) is -0.601. The number of alkyl halides is 3. The lowest BCUT2D eigenvalue weighted by molar-refractivity contribution is 0.0192. The summed E-state index contributed by atoms with van der Waals surface area (Å²) in [6, 6.07) is 4.85. The second-order valence-corrected chi connectivity index (χ2v) is 8.40. The molecule has 13 heteroatoms. The molecule has 1 saturated heterocycles. The van der Waals surface area contributed by atoms with Gasteiger partial charge in [0.1, 0.15) is 6.33 Å². The molecule has 0 radical (unpaired) electrons. The van der Waals surface area contributed by atoms with Gasteiger partial charge in [0.25, 0.3) is 6.43 Å². The first kappa shape index (κ1) is 22.6. The maximum atomic E-state index is 13.7. The first-order valence-corrected chi connectivity index (χ1v) is 10.9. The summed E-state index contributed by atoms with van der Waals surface area (Å²) in [5.41, 5.74) is 9.84. The standard InChI is InChI=1S/C22H22F3N9O/c1-12-2-3-15(31-22(35)32-5-4-13(9-32)18(23)19(24)25)6-16(12)33-10-14(7-29-33)17-8-27-21-20(26)28-11-30-34(17)21/h2-3,6-8,10-11,13,18-19H,4-5,9H2,1H3,(H,31,35)(H2,26,28,30). The fourth-order valence-corrected chi connectivity index (χ4v) is 4.19. The third kappa shape index (κ3) is 4.24. The van der Waals surface area contributed by atoms with Gasteiger partial charge in [0.2, 0.25) is 0 Å². The molecule has 1 aromatic carbocycles. The molecule has 2 atom stereocenters. The van der Waals surface area contributed by atoms with Crippen LogP contribution >= 0.6 is 0 Å². The van der Waals surface area contributed by atoms with E-state index in [1.807, 2.05) is 13.0 Å². The van der Waals surface area contributed by atoms with Crippen LogP contribution in [0, 0.1) is 12.8 Å². The number of hydrogen-bond donors (Lipinski definition) is 2. The van der Waals surface area contributed by atoms with Crippen molar-refractivity contribution < 1.29 is 18.0 Å². The number of carbonyl (C=O) groups excluding carboxylic acids is 1. The van der Waals surface area contributed by atoms with Crippen LogP contribution in [0.4, 0.5) is 29.5 Å². The lowest BCUT2D eigenvalue weighted by Gasteiger charge is -2.19. The van der Waals surface area contributed by atoms with Gasteiger partial charge in [0, 0.05) is 36.5 Å². The molecule has 35 heavy (non-hydrogen) atoms. The van der Waals surface area contributed by atoms with Gasteiger partial charge in [-0.1, -0.05) is 6.07 Å². The molecule has 2 unspecified atom stereocenters. The van der Waals surface area contributed by atoms with E-state index in [1.54, 1.807) is 39.9 Å². The fraction of sp³-hybridized carbons (Fsp3) is 0.318. The highest BCUT2D eigenvalue weighted by Gasteiger charge is 2.36. The van der Waals surface area contributed by atoms with Crippen molar-refractivity contribution in [3.8, 4) is 16.9 Å². The highest BCUT2D eigenvalue weighted by molar-refractivity contribution is 5.90. The molecule has 182 valence electrons. The zero-order chi connectivity index (χ0) is 24.7. The minimum Gasteiger partial charge on any atom is -0.381 e. The van der Waals surface area contributed by atoms with Crippen molar-refractivity contribution in [2.24, 2.45) is 5.92 Å². The number of nitrogens with one attached hydrogen (secondary N) is 1. The summed E-state index contributed by atoms with van der Waals surface area (Å²) < 4.78 is 42.2. The van der Waals surface area contributed by atoms with E-state index >= 15 is 0 Å². The van der Waals surface area contributed by atoms with Crippen molar-refractivity contribution in [2.75, 3.05) is 24.1 Å². The van der Waals surface area contributed by atoms with E-state index in [1.165, 1.54) is 11.2 Å². The molecule has 5 rings (SSSR count). The van der Waals surface area contributed by atoms with Crippen LogP contribution in [0.5, 0.6) is 0 Å². The molecular weight excluding hydrogens is 463 g/mol. The van der Waals surface area contributed by atoms with Crippen LogP contribution in [0.3, 0.4) is 0 Å². The number of halogens is 3. The molecule has 3 aromatic heterocycles. The van der Waals surface area contributed by atoms with Gasteiger partial charge in [-0.2, -0.15) is 10.2 Å². The van der Waals surface area contributed by atoms with E-state index in [9.17, 15) is 18.0 Å². The van der Waals surface area contributed by atoms with Crippen molar-refractivity contribution in [2.45, 2.75) is 25.9 Å². The predicted octanol–water partition coefficient (Wildman–Crippen LogP) is 3.32. The van der Waals surface area contributed by atoms with Crippen LogP contribution in [0.1, 0.15) is 12.0 Å². The van der Waals surface area contributed by atoms with Crippen molar-refractivity contribution in [3.63, 3.8) is 0 Å². The molecule has 4 aromatic rings. The third-order valence-electron chi connectivity index (χ3n) is 6.12. The number of hydrogen-bond acceptors (Lipinski definition) is 6. The smallest absolute Gasteiger partial charge is 0.321 e. The number of rotatable bonds is 5. The summed E-state index contributed by atoms with van der Waals surface area (Å²) in [6.45, 7) is 2.07. The van der Waals surface area contributed by atoms with Crippen LogP contribution in [0.25, 0.3) is 22.6 Å². The number of fused-ring (bicyclic) bond motifs is 1. The van der Waals surface area contributed by atoms with E-state index in [2.05, 4.69) is 25.5 Å². The Labute approximate surface area is 197 Å². The van der Waals surface area contributed by atoms with Crippen molar-refractivity contribution in [1.29, 1.82) is 0 Å². The Bertz CT molecular complexity index is 1390. The van der Waals surface area contributed by atoms with Crippen LogP contribution in [-0.2, 0) is 0 Å². The van der Waals surface area contributed by atoms with E-state index < -0.39 is 24.5 Å². The Balaban J connectivity index is 1.34. The number of carbonyl (C=O) groups is 1. The largest absolute Gasteiger partial charge is 0.381 e. The lowest BCUT2D eigenvalue weighted by Crippen LogP contribution is -2.34. The third-order valence-corrected chi connectivity index (χ3v) is 6.12. The van der Waals surface area contributed by atoms with Gasteiger partial charge in [-0.05, 0) is 31.0 Å². The van der Waals surface area contributed by atoms with Gasteiger partial charge < -0.3 is 16.0 Å². The number of benzene rings is 1. The second-order valence-electron chi connectivity index (χ2n) is 8.40. The van der Waals surface area contributed by atoms with Gasteiger partial charge in [-0.15, -0.1) is 0 Å². The SMILES string of the molecule is Cc1ccc(NC(=O)N2CCC(C(F)C(F)F)C2)cc1-n1cc(-c2cnc3c(N)ncnn23)cn1. The van der Waals surface area contributed by atoms with E-state index in [0.717, 1.165) is 16.8 Å². The van der Waals surface area contributed by atoms with E-state index in [4.69, 9.17) is 5.73 Å². The quantitative estimate of drug-likeness (QED) is 0.448. The van der Waals surface area contributed by atoms with Gasteiger partial charge in [-0.3, -0.25) is 0 Å². The predicted molar refractivity (Wildman–Crippen MR) is 122 cm³/mol. The Morgan fingerprint density at radius 2 is 2.03 bits per heavy atom. The number of urea groups is 1. The molecule has 0 bridgehead atoms. The average Bonchev–Trinajstić information content (AvgIpc) is 3.59. The molecule has 0 spiro atoms. The molecule has 0 aliphatic carbocycles. The molecule has 1 aliphatic rings. The Morgan fingerprint density at radius 3 is 2.83 bits per heavy atom. The maximum Gasteiger partial charge on any atom is 0.321 e. The second kappa shape index (κ2) is 8.89. The summed E-state index contributed by atoms with van der Waals surface area (Å²) in [4.78, 5) is 22.2. The minimum atomic E-state index is -3.05. The highest BCUT2D eigenvalue weighted by atomic mass is 19.3. The number of nitrogens with zero attached hydrogens (tertiary/aromatic N) is 7. The Morgan fingerprint density at radius 1 is 1.20 bits per heavy atom. The fourth-order valence-electron chi connectivity index (χ4n) is 4.19. The van der Waals surface area contributed by atoms with E-state index in [-0.39, 0.29) is 25.3 Å². The molecule has 0 saturated carbocycles. The van der Waals surface area contributed by atoms with Crippen LogP contribution in [0.15, 0.2) is 43.1 Å². The molecule has 2 amide bonds. The Kier molecular flexibility index (Phi) is 5.75. The van der Waals surface area contributed by atoms with Gasteiger partial charge >= 0.3 is 6.03 Å². The Hall–Kier alpha value is -4.16. The van der Waals surface area contributed by atoms with Crippen molar-refractivity contribution in [3.05, 3.63) is 48.7 Å². The molecule has 10 nitrogen and oxygen atoms in total. The minimum absolute atomic E-state index is 0.0497. The number of amides is 2. The van der Waals surface area contributed by atoms with Crippen LogP contribution in [-0.4, -0.2) is 66.0 Å². The maximum absolute atomic E-state index is 13.7. The zero-order valence-corrected chi connectivity index (χ0v) is 18.6. The number of anilines is 2. The van der Waals surface area contributed by atoms with Crippen molar-refractivity contribution in [1.82, 2.24) is 34.3 Å². The lowest BCUT2D eigenvalue weighted by atomic mass is 10.0. The summed E-state index contributed by atoms with van der Waals surface area (Å²) in [7, 11) is 0.